The number of methoxy groups -OCH3 is 1. The summed E-state index contributed by atoms with van der Waals surface area (Å²) in [7, 11) is 1.53. The molecule has 0 aromatic heterocycles. The van der Waals surface area contributed by atoms with E-state index in [2.05, 4.69) is 25.2 Å². The van der Waals surface area contributed by atoms with Crippen molar-refractivity contribution in [2.24, 2.45) is 5.41 Å². The summed E-state index contributed by atoms with van der Waals surface area (Å²) in [6.07, 6.45) is -0.232. The monoisotopic (exact) mass is 379 g/mol. The summed E-state index contributed by atoms with van der Waals surface area (Å²) in [5, 5.41) is 12.7. The van der Waals surface area contributed by atoms with Crippen LogP contribution in [0.5, 0.6) is 5.75 Å². The third-order valence-corrected chi connectivity index (χ3v) is 5.39. The summed E-state index contributed by atoms with van der Waals surface area (Å²) in [6.45, 7) is 4.12. The van der Waals surface area contributed by atoms with Crippen LogP contribution in [-0.4, -0.2) is 18.3 Å². The third kappa shape index (κ3) is 3.16. The molecule has 1 unspecified atom stereocenters. The first-order valence-corrected chi connectivity index (χ1v) is 8.65. The minimum absolute atomic E-state index is 0.194. The minimum Gasteiger partial charge on any atom is -0.494 e. The van der Waals surface area contributed by atoms with E-state index in [0.29, 0.717) is 15.8 Å². The van der Waals surface area contributed by atoms with Gasteiger partial charge in [-0.3, -0.25) is 0 Å². The average Bonchev–Trinajstić information content (AvgIpc) is 2.77. The number of halogens is 2. The van der Waals surface area contributed by atoms with Gasteiger partial charge in [-0.15, -0.1) is 0 Å². The second kappa shape index (κ2) is 6.43. The molecular weight excluding hydrogens is 361 g/mol. The Hall–Kier alpha value is -1.91. The maximum Gasteiger partial charge on any atom is 0.405 e. The number of hydrogen-bond acceptors (Lipinski definition) is 2. The van der Waals surface area contributed by atoms with Gasteiger partial charge in [-0.1, -0.05) is 61.3 Å². The number of carbonyl (C=O) groups is 1. The van der Waals surface area contributed by atoms with Crippen molar-refractivity contribution >= 4 is 29.3 Å². The van der Waals surface area contributed by atoms with E-state index >= 15 is 0 Å². The molecule has 4 nitrogen and oxygen atoms in total. The molecule has 1 aliphatic carbocycles. The van der Waals surface area contributed by atoms with Crippen LogP contribution in [0.25, 0.3) is 11.1 Å². The molecular formula is C19H19Cl2NO3. The van der Waals surface area contributed by atoms with Gasteiger partial charge in [0.2, 0.25) is 0 Å². The van der Waals surface area contributed by atoms with Crippen molar-refractivity contribution in [3.8, 4) is 16.9 Å². The van der Waals surface area contributed by atoms with Crippen molar-refractivity contribution in [3.63, 3.8) is 0 Å². The largest absolute Gasteiger partial charge is 0.494 e. The summed E-state index contributed by atoms with van der Waals surface area (Å²) in [5.41, 5.74) is 3.71. The van der Waals surface area contributed by atoms with Gasteiger partial charge in [-0.2, -0.15) is 0 Å². The molecule has 0 aliphatic heterocycles. The Morgan fingerprint density at radius 2 is 2.00 bits per heavy atom. The molecule has 1 amide bonds. The molecule has 6 heteroatoms. The number of amides is 1. The van der Waals surface area contributed by atoms with Gasteiger partial charge < -0.3 is 15.2 Å². The van der Waals surface area contributed by atoms with E-state index in [0.717, 1.165) is 28.7 Å². The van der Waals surface area contributed by atoms with Crippen LogP contribution < -0.4 is 10.1 Å². The van der Waals surface area contributed by atoms with Crippen molar-refractivity contribution in [1.82, 2.24) is 5.32 Å². The summed E-state index contributed by atoms with van der Waals surface area (Å²) in [5.74, 6) is 0.451. The lowest BCUT2D eigenvalue weighted by molar-refractivity contribution is 0.175. The maximum absolute atomic E-state index is 11.1. The van der Waals surface area contributed by atoms with E-state index in [9.17, 15) is 4.79 Å². The number of nitrogens with one attached hydrogen (secondary N) is 1. The quantitative estimate of drug-likeness (QED) is 0.733. The molecule has 0 saturated heterocycles. The second-order valence-corrected chi connectivity index (χ2v) is 7.69. The Bertz CT molecular complexity index is 849. The molecule has 0 heterocycles. The number of ether oxygens (including phenoxy) is 1. The molecule has 3 rings (SSSR count). The van der Waals surface area contributed by atoms with Crippen LogP contribution in [0.2, 0.25) is 10.0 Å². The van der Waals surface area contributed by atoms with Gasteiger partial charge in [0.25, 0.3) is 0 Å². The number of fused-ring (bicyclic) bond motifs is 1. The summed E-state index contributed by atoms with van der Waals surface area (Å²) in [4.78, 5) is 11.1. The highest BCUT2D eigenvalue weighted by Gasteiger charge is 2.40. The van der Waals surface area contributed by atoms with Crippen LogP contribution in [0.3, 0.4) is 0 Å². The van der Waals surface area contributed by atoms with Gasteiger partial charge in [0.05, 0.1) is 23.2 Å². The normalized spacial score (nSPS) is 17.9. The average molecular weight is 380 g/mol. The number of carboxylic acid groups (broad SMARTS) is 1. The van der Waals surface area contributed by atoms with E-state index in [1.807, 2.05) is 18.2 Å². The minimum atomic E-state index is -1.01. The Balaban J connectivity index is 2.06. The lowest BCUT2D eigenvalue weighted by Crippen LogP contribution is -2.34. The lowest BCUT2D eigenvalue weighted by atomic mass is 9.85. The van der Waals surface area contributed by atoms with Crippen LogP contribution in [0.15, 0.2) is 30.3 Å². The van der Waals surface area contributed by atoms with Crippen molar-refractivity contribution in [2.45, 2.75) is 26.3 Å². The van der Waals surface area contributed by atoms with E-state index in [1.165, 1.54) is 7.11 Å². The van der Waals surface area contributed by atoms with Crippen LogP contribution in [0.1, 0.15) is 31.0 Å². The summed E-state index contributed by atoms with van der Waals surface area (Å²) in [6, 6.07) is 9.37. The van der Waals surface area contributed by atoms with Crippen molar-refractivity contribution < 1.29 is 14.6 Å². The van der Waals surface area contributed by atoms with Crippen LogP contribution >= 0.6 is 23.2 Å². The zero-order valence-electron chi connectivity index (χ0n) is 14.2. The first kappa shape index (κ1) is 17.9. The molecule has 2 N–H and O–H groups in total. The molecule has 2 aromatic rings. The Morgan fingerprint density at radius 1 is 1.28 bits per heavy atom. The summed E-state index contributed by atoms with van der Waals surface area (Å²) >= 11 is 12.6. The molecule has 0 spiro atoms. The van der Waals surface area contributed by atoms with E-state index in [4.69, 9.17) is 33.0 Å². The Kier molecular flexibility index (Phi) is 4.60. The van der Waals surface area contributed by atoms with Gasteiger partial charge in [-0.25, -0.2) is 4.79 Å². The highest BCUT2D eigenvalue weighted by Crippen LogP contribution is 2.47. The fourth-order valence-electron chi connectivity index (χ4n) is 3.56. The molecule has 1 atom stereocenters. The molecule has 0 fully saturated rings. The fourth-order valence-corrected chi connectivity index (χ4v) is 4.20. The van der Waals surface area contributed by atoms with E-state index in [-0.39, 0.29) is 11.5 Å². The maximum atomic E-state index is 11.1. The fraction of sp³-hybridized carbons (Fsp3) is 0.316. The van der Waals surface area contributed by atoms with Crippen molar-refractivity contribution in [2.75, 3.05) is 7.11 Å². The summed E-state index contributed by atoms with van der Waals surface area (Å²) < 4.78 is 5.29. The topological polar surface area (TPSA) is 58.6 Å². The van der Waals surface area contributed by atoms with E-state index in [1.54, 1.807) is 6.07 Å². The van der Waals surface area contributed by atoms with Gasteiger partial charge in [0, 0.05) is 5.56 Å². The van der Waals surface area contributed by atoms with E-state index < -0.39 is 6.09 Å². The first-order chi connectivity index (χ1) is 11.7. The molecule has 1 aliphatic rings. The highest BCUT2D eigenvalue weighted by atomic mass is 35.5. The van der Waals surface area contributed by atoms with Gasteiger partial charge >= 0.3 is 6.09 Å². The molecule has 2 aromatic carbocycles. The highest BCUT2D eigenvalue weighted by molar-refractivity contribution is 6.39. The Labute approximate surface area is 156 Å². The Morgan fingerprint density at radius 3 is 2.64 bits per heavy atom. The SMILES string of the molecule is COc1c(Cl)ccc(-c2ccc3c(c2)CC(C)(C)C3NC(=O)O)c1Cl. The van der Waals surface area contributed by atoms with Crippen LogP contribution in [-0.2, 0) is 6.42 Å². The molecule has 0 saturated carbocycles. The standard InChI is InChI=1S/C19H19Cl2NO3/c1-19(2)9-11-8-10(4-5-13(11)17(19)22-18(23)24)12-6-7-14(20)16(25-3)15(12)21/h4-8,17,22H,9H2,1-3H3,(H,23,24). The molecule has 25 heavy (non-hydrogen) atoms. The van der Waals surface area contributed by atoms with Gasteiger partial charge in [-0.05, 0) is 34.6 Å². The second-order valence-electron chi connectivity index (χ2n) is 6.90. The third-order valence-electron chi connectivity index (χ3n) is 4.71. The molecule has 132 valence electrons. The predicted molar refractivity (Wildman–Crippen MR) is 99.8 cm³/mol. The molecule has 0 radical (unpaired) electrons. The van der Waals surface area contributed by atoms with Crippen LogP contribution in [0, 0.1) is 5.41 Å². The number of benzene rings is 2. The number of rotatable bonds is 3. The zero-order chi connectivity index (χ0) is 18.4. The number of hydrogen-bond donors (Lipinski definition) is 2. The zero-order valence-corrected chi connectivity index (χ0v) is 15.7. The molecule has 0 bridgehead atoms. The van der Waals surface area contributed by atoms with Crippen molar-refractivity contribution in [1.29, 1.82) is 0 Å². The van der Waals surface area contributed by atoms with Crippen LogP contribution in [0.4, 0.5) is 4.79 Å². The smallest absolute Gasteiger partial charge is 0.405 e. The van der Waals surface area contributed by atoms with Crippen molar-refractivity contribution in [3.05, 3.63) is 51.5 Å². The van der Waals surface area contributed by atoms with Gasteiger partial charge in [0.1, 0.15) is 0 Å². The lowest BCUT2D eigenvalue weighted by Gasteiger charge is -2.27. The van der Waals surface area contributed by atoms with Gasteiger partial charge in [0.15, 0.2) is 5.75 Å². The first-order valence-electron chi connectivity index (χ1n) is 7.89. The predicted octanol–water partition coefficient (Wildman–Crippen LogP) is 5.56.